The highest BCUT2D eigenvalue weighted by Crippen LogP contribution is 2.37. The van der Waals surface area contributed by atoms with E-state index >= 15 is 0 Å². The van der Waals surface area contributed by atoms with Crippen molar-refractivity contribution in [3.8, 4) is 11.3 Å². The van der Waals surface area contributed by atoms with Gasteiger partial charge in [-0.05, 0) is 41.3 Å². The van der Waals surface area contributed by atoms with E-state index in [1.165, 1.54) is 0 Å². The monoisotopic (exact) mass is 457 g/mol. The predicted octanol–water partition coefficient (Wildman–Crippen LogP) is 3.83. The fraction of sp³-hybridized carbons (Fsp3) is 0.400. The zero-order chi connectivity index (χ0) is 20.1. The number of rotatable bonds is 3. The minimum Gasteiger partial charge on any atom is -0.434 e. The second kappa shape index (κ2) is 7.07. The van der Waals surface area contributed by atoms with Crippen LogP contribution >= 0.6 is 15.9 Å². The van der Waals surface area contributed by atoms with Gasteiger partial charge in [-0.3, -0.25) is 9.25 Å². The number of furan rings is 1. The molecule has 0 unspecified atom stereocenters. The molecular weight excluding hydrogens is 438 g/mol. The first kappa shape index (κ1) is 18.5. The highest BCUT2D eigenvalue weighted by Gasteiger charge is 2.29. The largest absolute Gasteiger partial charge is 0.434 e. The molecule has 0 aromatic carbocycles. The van der Waals surface area contributed by atoms with E-state index < -0.39 is 0 Å². The molecule has 0 amide bonds. The number of ether oxygens (including phenoxy) is 1. The van der Waals surface area contributed by atoms with Crippen LogP contribution in [0.3, 0.4) is 0 Å². The Morgan fingerprint density at radius 3 is 2.97 bits per heavy atom. The van der Waals surface area contributed by atoms with Gasteiger partial charge in [0.25, 0.3) is 0 Å². The number of hydrogen-bond acceptors (Lipinski definition) is 6. The molecular formula is C20H20BrN5O3. The Labute approximate surface area is 174 Å². The maximum atomic E-state index is 13.3. The van der Waals surface area contributed by atoms with Crippen LogP contribution in [0.2, 0.25) is 0 Å². The average molecular weight is 458 g/mol. The van der Waals surface area contributed by atoms with Gasteiger partial charge in [0.2, 0.25) is 5.71 Å². The van der Waals surface area contributed by atoms with E-state index in [0.717, 1.165) is 40.2 Å². The van der Waals surface area contributed by atoms with Crippen molar-refractivity contribution in [3.05, 3.63) is 39.6 Å². The highest BCUT2D eigenvalue weighted by atomic mass is 79.9. The van der Waals surface area contributed by atoms with Crippen molar-refractivity contribution in [1.82, 2.24) is 24.3 Å². The summed E-state index contributed by atoms with van der Waals surface area (Å²) in [6, 6.07) is 1.94. The van der Waals surface area contributed by atoms with Gasteiger partial charge in [-0.2, -0.15) is 10.1 Å². The Morgan fingerprint density at radius 1 is 1.34 bits per heavy atom. The highest BCUT2D eigenvalue weighted by molar-refractivity contribution is 9.10. The minimum absolute atomic E-state index is 0.000991. The Bertz CT molecular complexity index is 1270. The van der Waals surface area contributed by atoms with Crippen LogP contribution in [0.1, 0.15) is 32.2 Å². The normalized spacial score (nSPS) is 20.0. The number of aromatic nitrogens is 5. The summed E-state index contributed by atoms with van der Waals surface area (Å²) in [5.41, 5.74) is 2.70. The summed E-state index contributed by atoms with van der Waals surface area (Å²) in [7, 11) is 1.83. The maximum Gasteiger partial charge on any atom is 0.349 e. The average Bonchev–Trinajstić information content (AvgIpc) is 3.31. The molecule has 9 heteroatoms. The molecule has 0 bridgehead atoms. The van der Waals surface area contributed by atoms with Gasteiger partial charge in [0.05, 0.1) is 17.7 Å². The summed E-state index contributed by atoms with van der Waals surface area (Å²) >= 11 is 3.49. The summed E-state index contributed by atoms with van der Waals surface area (Å²) in [6.45, 7) is 2.72. The summed E-state index contributed by atoms with van der Waals surface area (Å²) in [5.74, 6) is 0. The quantitative estimate of drug-likeness (QED) is 0.464. The van der Waals surface area contributed by atoms with Crippen LogP contribution in [-0.4, -0.2) is 37.0 Å². The number of aryl methyl sites for hydroxylation is 1. The molecule has 1 saturated heterocycles. The van der Waals surface area contributed by atoms with Gasteiger partial charge >= 0.3 is 5.69 Å². The molecule has 1 aliphatic heterocycles. The third-order valence-electron chi connectivity index (χ3n) is 5.49. The SMILES string of the molecule is CC[C@H]1C[C@@H](n2c(=O)nc(-c3cnn(C)c3)c3oc4ncc(Br)cc4c32)CCO1. The zero-order valence-corrected chi connectivity index (χ0v) is 17.7. The van der Waals surface area contributed by atoms with E-state index in [0.29, 0.717) is 23.6 Å². The number of nitrogens with zero attached hydrogens (tertiary/aromatic N) is 5. The van der Waals surface area contributed by atoms with E-state index in [4.69, 9.17) is 9.15 Å². The zero-order valence-electron chi connectivity index (χ0n) is 16.1. The fourth-order valence-corrected chi connectivity index (χ4v) is 4.43. The third-order valence-corrected chi connectivity index (χ3v) is 5.93. The Hall–Kier alpha value is -2.52. The lowest BCUT2D eigenvalue weighted by Gasteiger charge is -2.30. The van der Waals surface area contributed by atoms with Crippen molar-refractivity contribution in [2.45, 2.75) is 38.3 Å². The van der Waals surface area contributed by atoms with Crippen molar-refractivity contribution in [3.63, 3.8) is 0 Å². The van der Waals surface area contributed by atoms with Crippen LogP contribution in [0.25, 0.3) is 33.5 Å². The van der Waals surface area contributed by atoms with Crippen LogP contribution in [-0.2, 0) is 11.8 Å². The van der Waals surface area contributed by atoms with Gasteiger partial charge < -0.3 is 9.15 Å². The lowest BCUT2D eigenvalue weighted by Crippen LogP contribution is -2.34. The molecule has 0 radical (unpaired) electrons. The van der Waals surface area contributed by atoms with Gasteiger partial charge in [0, 0.05) is 42.1 Å². The predicted molar refractivity (Wildman–Crippen MR) is 112 cm³/mol. The summed E-state index contributed by atoms with van der Waals surface area (Å²) in [6.07, 6.45) is 7.77. The lowest BCUT2D eigenvalue weighted by molar-refractivity contribution is -0.00709. The van der Waals surface area contributed by atoms with Gasteiger partial charge in [-0.1, -0.05) is 6.92 Å². The number of fused-ring (bicyclic) bond motifs is 3. The van der Waals surface area contributed by atoms with Crippen LogP contribution in [0.15, 0.2) is 38.3 Å². The second-order valence-electron chi connectivity index (χ2n) is 7.38. The third kappa shape index (κ3) is 3.08. The van der Waals surface area contributed by atoms with Crippen molar-refractivity contribution >= 4 is 38.1 Å². The first-order valence-electron chi connectivity index (χ1n) is 9.66. The van der Waals surface area contributed by atoms with Crippen LogP contribution in [0, 0.1) is 0 Å². The van der Waals surface area contributed by atoms with E-state index in [1.807, 2.05) is 19.3 Å². The summed E-state index contributed by atoms with van der Waals surface area (Å²) in [4.78, 5) is 22.1. The van der Waals surface area contributed by atoms with Crippen LogP contribution in [0.4, 0.5) is 0 Å². The molecule has 5 rings (SSSR count). The van der Waals surface area contributed by atoms with E-state index in [9.17, 15) is 4.79 Å². The molecule has 2 atom stereocenters. The molecule has 0 aliphatic carbocycles. The number of halogens is 1. The van der Waals surface area contributed by atoms with E-state index in [-0.39, 0.29) is 17.8 Å². The minimum atomic E-state index is -0.291. The number of pyridine rings is 1. The lowest BCUT2D eigenvalue weighted by atomic mass is 10.0. The Balaban J connectivity index is 1.83. The molecule has 8 nitrogen and oxygen atoms in total. The van der Waals surface area contributed by atoms with Gasteiger partial charge in [-0.15, -0.1) is 0 Å². The topological polar surface area (TPSA) is 88.0 Å². The van der Waals surface area contributed by atoms with E-state index in [1.54, 1.807) is 21.6 Å². The molecule has 1 fully saturated rings. The second-order valence-corrected chi connectivity index (χ2v) is 8.30. The van der Waals surface area contributed by atoms with Crippen LogP contribution < -0.4 is 5.69 Å². The van der Waals surface area contributed by atoms with Crippen molar-refractivity contribution in [2.75, 3.05) is 6.61 Å². The van der Waals surface area contributed by atoms with Gasteiger partial charge in [-0.25, -0.2) is 9.78 Å². The smallest absolute Gasteiger partial charge is 0.349 e. The maximum absolute atomic E-state index is 13.3. The molecule has 0 saturated carbocycles. The molecule has 0 N–H and O–H groups in total. The standard InChI is InChI=1S/C20H20BrN5O3/c1-3-14-7-13(4-5-28-14)26-17-15-6-12(21)9-22-19(15)29-18(17)16(24-20(26)27)11-8-23-25(2)10-11/h6,8-10,13-14H,3-5,7H2,1-2H3/t13-,14-/m0/s1. The Morgan fingerprint density at radius 2 is 2.21 bits per heavy atom. The number of hydrogen-bond donors (Lipinski definition) is 0. The molecule has 0 spiro atoms. The Kier molecular flexibility index (Phi) is 4.51. The first-order chi connectivity index (χ1) is 14.0. The molecule has 29 heavy (non-hydrogen) atoms. The summed E-state index contributed by atoms with van der Waals surface area (Å²) in [5, 5.41) is 5.01. The van der Waals surface area contributed by atoms with Crippen molar-refractivity contribution < 1.29 is 9.15 Å². The fourth-order valence-electron chi connectivity index (χ4n) is 4.10. The molecule has 4 aromatic heterocycles. The molecule has 4 aromatic rings. The molecule has 5 heterocycles. The van der Waals surface area contributed by atoms with Gasteiger partial charge in [0.1, 0.15) is 11.2 Å². The summed E-state index contributed by atoms with van der Waals surface area (Å²) < 4.78 is 16.2. The first-order valence-corrected chi connectivity index (χ1v) is 10.5. The van der Waals surface area contributed by atoms with Crippen LogP contribution in [0.5, 0.6) is 0 Å². The van der Waals surface area contributed by atoms with Crippen molar-refractivity contribution in [2.24, 2.45) is 7.05 Å². The van der Waals surface area contributed by atoms with Crippen molar-refractivity contribution in [1.29, 1.82) is 0 Å². The van der Waals surface area contributed by atoms with E-state index in [2.05, 4.69) is 37.9 Å². The van der Waals surface area contributed by atoms with Gasteiger partial charge in [0.15, 0.2) is 5.58 Å². The molecule has 1 aliphatic rings. The molecule has 150 valence electrons.